The van der Waals surface area contributed by atoms with Gasteiger partial charge < -0.3 is 15.4 Å². The molecule has 0 saturated heterocycles. The van der Waals surface area contributed by atoms with Gasteiger partial charge in [-0.15, -0.1) is 0 Å². The Morgan fingerprint density at radius 1 is 1.50 bits per heavy atom. The van der Waals surface area contributed by atoms with Crippen molar-refractivity contribution in [3.05, 3.63) is 12.4 Å². The Bertz CT molecular complexity index is 407. The van der Waals surface area contributed by atoms with Gasteiger partial charge in [-0.2, -0.15) is 0 Å². The fraction of sp³-hybridized carbons (Fsp3) is 0.583. The molecule has 1 fully saturated rings. The molecule has 0 aromatic carbocycles. The number of aromatic nitrogens is 2. The molecule has 2 rings (SSSR count). The molecule has 1 aliphatic carbocycles. The van der Waals surface area contributed by atoms with Crippen LogP contribution in [0.15, 0.2) is 12.4 Å². The Hall–Kier alpha value is -1.85. The number of carbonyl (C=O) groups is 1. The predicted octanol–water partition coefficient (Wildman–Crippen LogP) is 0.956. The largest absolute Gasteiger partial charge is 0.481 e. The molecule has 1 amide bonds. The first kappa shape index (κ1) is 12.6. The Morgan fingerprint density at radius 2 is 2.33 bits per heavy atom. The minimum absolute atomic E-state index is 0.138. The highest BCUT2D eigenvalue weighted by Crippen LogP contribution is 2.18. The van der Waals surface area contributed by atoms with Gasteiger partial charge in [0.15, 0.2) is 0 Å². The monoisotopic (exact) mass is 250 g/mol. The molecule has 98 valence electrons. The van der Waals surface area contributed by atoms with E-state index in [-0.39, 0.29) is 5.91 Å². The highest BCUT2D eigenvalue weighted by Gasteiger charge is 2.22. The molecule has 1 aromatic rings. The zero-order valence-corrected chi connectivity index (χ0v) is 10.5. The summed E-state index contributed by atoms with van der Waals surface area (Å²) >= 11 is 0. The molecule has 0 radical (unpaired) electrons. The molecule has 1 saturated carbocycles. The van der Waals surface area contributed by atoms with Crippen molar-refractivity contribution in [2.24, 2.45) is 0 Å². The molecule has 18 heavy (non-hydrogen) atoms. The molecule has 1 aliphatic rings. The molecule has 1 aromatic heterocycles. The molecule has 2 N–H and O–H groups in total. The first-order valence-corrected chi connectivity index (χ1v) is 6.17. The fourth-order valence-corrected chi connectivity index (χ4v) is 1.54. The molecule has 0 atom stereocenters. The van der Waals surface area contributed by atoms with Gasteiger partial charge in [-0.25, -0.2) is 9.97 Å². The number of nitrogens with zero attached hydrogens (tertiary/aromatic N) is 2. The lowest BCUT2D eigenvalue weighted by Crippen LogP contribution is -2.25. The van der Waals surface area contributed by atoms with Crippen molar-refractivity contribution in [3.8, 4) is 5.88 Å². The van der Waals surface area contributed by atoms with Gasteiger partial charge in [0.05, 0.1) is 7.11 Å². The summed E-state index contributed by atoms with van der Waals surface area (Å²) in [5.74, 6) is 1.38. The predicted molar refractivity (Wildman–Crippen MR) is 67.5 cm³/mol. The van der Waals surface area contributed by atoms with E-state index < -0.39 is 0 Å². The van der Waals surface area contributed by atoms with Crippen molar-refractivity contribution in [2.75, 3.05) is 19.0 Å². The summed E-state index contributed by atoms with van der Waals surface area (Å²) < 4.78 is 4.99. The van der Waals surface area contributed by atoms with E-state index in [0.717, 1.165) is 19.3 Å². The minimum atomic E-state index is 0.138. The van der Waals surface area contributed by atoms with Crippen LogP contribution < -0.4 is 15.4 Å². The van der Waals surface area contributed by atoms with Crippen LogP contribution in [0, 0.1) is 0 Å². The van der Waals surface area contributed by atoms with Crippen LogP contribution in [-0.2, 0) is 4.79 Å². The van der Waals surface area contributed by atoms with E-state index in [9.17, 15) is 4.79 Å². The Labute approximate surface area is 106 Å². The van der Waals surface area contributed by atoms with Crippen LogP contribution >= 0.6 is 0 Å². The van der Waals surface area contributed by atoms with Crippen molar-refractivity contribution in [1.82, 2.24) is 15.3 Å². The standard InChI is InChI=1S/C12H18N4O2/c1-18-12-7-10(14-8-15-12)13-6-2-3-11(17)16-9-4-5-9/h7-9H,2-6H2,1H3,(H,16,17)(H,13,14,15). The lowest BCUT2D eigenvalue weighted by Gasteiger charge is -2.06. The van der Waals surface area contributed by atoms with Crippen molar-refractivity contribution < 1.29 is 9.53 Å². The Kier molecular flexibility index (Phi) is 4.33. The maximum absolute atomic E-state index is 11.4. The average molecular weight is 250 g/mol. The molecule has 0 spiro atoms. The third-order valence-corrected chi connectivity index (χ3v) is 2.68. The van der Waals surface area contributed by atoms with Gasteiger partial charge in [-0.3, -0.25) is 4.79 Å². The van der Waals surface area contributed by atoms with E-state index in [1.54, 1.807) is 13.2 Å². The highest BCUT2D eigenvalue weighted by atomic mass is 16.5. The van der Waals surface area contributed by atoms with E-state index in [0.29, 0.717) is 30.7 Å². The van der Waals surface area contributed by atoms with Crippen LogP contribution in [0.25, 0.3) is 0 Å². The van der Waals surface area contributed by atoms with E-state index in [4.69, 9.17) is 4.74 Å². The van der Waals surface area contributed by atoms with Crippen molar-refractivity contribution in [2.45, 2.75) is 31.7 Å². The summed E-state index contributed by atoms with van der Waals surface area (Å²) in [6.45, 7) is 0.707. The lowest BCUT2D eigenvalue weighted by atomic mass is 10.3. The number of methoxy groups -OCH3 is 1. The molecule has 0 unspecified atom stereocenters. The second-order valence-corrected chi connectivity index (χ2v) is 4.32. The summed E-state index contributed by atoms with van der Waals surface area (Å²) in [4.78, 5) is 19.4. The van der Waals surface area contributed by atoms with Crippen LogP contribution in [0.2, 0.25) is 0 Å². The zero-order chi connectivity index (χ0) is 12.8. The van der Waals surface area contributed by atoms with Crippen LogP contribution in [-0.4, -0.2) is 35.6 Å². The number of nitrogens with one attached hydrogen (secondary N) is 2. The summed E-state index contributed by atoms with van der Waals surface area (Å²) in [6.07, 6.45) is 5.03. The molecule has 6 heteroatoms. The van der Waals surface area contributed by atoms with Gasteiger partial charge in [-0.1, -0.05) is 0 Å². The minimum Gasteiger partial charge on any atom is -0.481 e. The summed E-state index contributed by atoms with van der Waals surface area (Å²) in [5, 5.41) is 6.09. The number of ether oxygens (including phenoxy) is 1. The van der Waals surface area contributed by atoms with Gasteiger partial charge in [0.2, 0.25) is 11.8 Å². The molecular weight excluding hydrogens is 232 g/mol. The van der Waals surface area contributed by atoms with Crippen LogP contribution in [0.1, 0.15) is 25.7 Å². The van der Waals surface area contributed by atoms with Crippen LogP contribution in [0.5, 0.6) is 5.88 Å². The quantitative estimate of drug-likeness (QED) is 0.705. The molecule has 6 nitrogen and oxygen atoms in total. The maximum Gasteiger partial charge on any atom is 0.220 e. The highest BCUT2D eigenvalue weighted by molar-refractivity contribution is 5.76. The lowest BCUT2D eigenvalue weighted by molar-refractivity contribution is -0.121. The van der Waals surface area contributed by atoms with Gasteiger partial charge >= 0.3 is 0 Å². The number of rotatable bonds is 7. The van der Waals surface area contributed by atoms with Crippen LogP contribution in [0.3, 0.4) is 0 Å². The SMILES string of the molecule is COc1cc(NCCCC(=O)NC2CC2)ncn1. The molecule has 0 aliphatic heterocycles. The number of anilines is 1. The Morgan fingerprint density at radius 3 is 3.06 bits per heavy atom. The molecular formula is C12H18N4O2. The first-order chi connectivity index (χ1) is 8.78. The number of hydrogen-bond acceptors (Lipinski definition) is 5. The summed E-state index contributed by atoms with van der Waals surface area (Å²) in [7, 11) is 1.56. The fourth-order valence-electron chi connectivity index (χ4n) is 1.54. The van der Waals surface area contributed by atoms with Gasteiger partial charge in [0.25, 0.3) is 0 Å². The molecule has 0 bridgehead atoms. The smallest absolute Gasteiger partial charge is 0.220 e. The third kappa shape index (κ3) is 4.20. The number of carbonyl (C=O) groups excluding carboxylic acids is 1. The van der Waals surface area contributed by atoms with E-state index >= 15 is 0 Å². The molecule has 1 heterocycles. The average Bonchev–Trinajstić information content (AvgIpc) is 3.19. The van der Waals surface area contributed by atoms with E-state index in [1.165, 1.54) is 6.33 Å². The summed E-state index contributed by atoms with van der Waals surface area (Å²) in [6, 6.07) is 2.17. The van der Waals surface area contributed by atoms with E-state index in [1.807, 2.05) is 0 Å². The van der Waals surface area contributed by atoms with Gasteiger partial charge in [0.1, 0.15) is 12.1 Å². The third-order valence-electron chi connectivity index (χ3n) is 2.68. The second kappa shape index (κ2) is 6.18. The maximum atomic E-state index is 11.4. The summed E-state index contributed by atoms with van der Waals surface area (Å²) in [5.41, 5.74) is 0. The van der Waals surface area contributed by atoms with Gasteiger partial charge in [-0.05, 0) is 19.3 Å². The van der Waals surface area contributed by atoms with Crippen molar-refractivity contribution in [1.29, 1.82) is 0 Å². The van der Waals surface area contributed by atoms with Crippen LogP contribution in [0.4, 0.5) is 5.82 Å². The normalized spacial score (nSPS) is 14.1. The first-order valence-electron chi connectivity index (χ1n) is 6.17. The Balaban J connectivity index is 1.63. The second-order valence-electron chi connectivity index (χ2n) is 4.32. The topological polar surface area (TPSA) is 76.1 Å². The zero-order valence-electron chi connectivity index (χ0n) is 10.5. The van der Waals surface area contributed by atoms with Crippen molar-refractivity contribution in [3.63, 3.8) is 0 Å². The number of amides is 1. The number of hydrogen-bond donors (Lipinski definition) is 2. The van der Waals surface area contributed by atoms with Crippen molar-refractivity contribution >= 4 is 11.7 Å². The van der Waals surface area contributed by atoms with E-state index in [2.05, 4.69) is 20.6 Å². The van der Waals surface area contributed by atoms with Gasteiger partial charge in [0, 0.05) is 25.1 Å².